The largest absolute Gasteiger partial charge is 0.477 e. The first kappa shape index (κ1) is 25.0. The van der Waals surface area contributed by atoms with E-state index in [1.165, 1.54) is 47.6 Å². The number of nitrogens with zero attached hydrogens (tertiary/aromatic N) is 8. The van der Waals surface area contributed by atoms with Crippen LogP contribution in [0.3, 0.4) is 0 Å². The molecule has 3 N–H and O–H groups in total. The highest BCUT2D eigenvalue weighted by molar-refractivity contribution is 8.01. The maximum Gasteiger partial charge on any atom is 0.352 e. The number of fused-ring (bicyclic) bond motifs is 1. The highest BCUT2D eigenvalue weighted by atomic mass is 32.2. The third kappa shape index (κ3) is 4.85. The van der Waals surface area contributed by atoms with Gasteiger partial charge >= 0.3 is 5.97 Å². The molecular formula is C18H18N10O6S2. The van der Waals surface area contributed by atoms with E-state index in [2.05, 4.69) is 41.3 Å². The molecule has 0 spiro atoms. The van der Waals surface area contributed by atoms with Crippen LogP contribution in [0.25, 0.3) is 0 Å². The molecule has 2 aromatic rings. The highest BCUT2D eigenvalue weighted by Gasteiger charge is 2.54. The third-order valence-electron chi connectivity index (χ3n) is 4.98. The first-order chi connectivity index (χ1) is 17.3. The Morgan fingerprint density at radius 2 is 2.25 bits per heavy atom. The fourth-order valence-corrected chi connectivity index (χ4v) is 5.74. The predicted molar refractivity (Wildman–Crippen MR) is 124 cm³/mol. The summed E-state index contributed by atoms with van der Waals surface area (Å²) in [5.74, 6) is -2.07. The molecule has 4 heterocycles. The van der Waals surface area contributed by atoms with Gasteiger partial charge < -0.3 is 15.3 Å². The zero-order valence-corrected chi connectivity index (χ0v) is 20.3. The minimum Gasteiger partial charge on any atom is -0.477 e. The zero-order valence-electron chi connectivity index (χ0n) is 18.7. The molecule has 2 aliphatic rings. The first-order valence-electron chi connectivity index (χ1n) is 10.1. The van der Waals surface area contributed by atoms with Crippen LogP contribution in [0.1, 0.15) is 5.69 Å². The summed E-state index contributed by atoms with van der Waals surface area (Å²) in [5, 5.41) is 29.4. The van der Waals surface area contributed by atoms with Gasteiger partial charge in [0.25, 0.3) is 11.8 Å². The summed E-state index contributed by atoms with van der Waals surface area (Å²) < 4.78 is 1.46. The fourth-order valence-electron chi connectivity index (χ4n) is 3.41. The van der Waals surface area contributed by atoms with Gasteiger partial charge in [0, 0.05) is 24.8 Å². The normalized spacial score (nSPS) is 19.3. The summed E-state index contributed by atoms with van der Waals surface area (Å²) in [5.41, 5.74) is 0.192. The maximum absolute atomic E-state index is 13.0. The molecule has 2 aliphatic heterocycles. The van der Waals surface area contributed by atoms with E-state index in [0.717, 1.165) is 4.90 Å². The number of aliphatic carboxylic acids is 1. The van der Waals surface area contributed by atoms with Gasteiger partial charge in [-0.1, -0.05) is 16.9 Å². The van der Waals surface area contributed by atoms with Gasteiger partial charge in [-0.25, -0.2) is 19.4 Å². The zero-order chi connectivity index (χ0) is 25.8. The van der Waals surface area contributed by atoms with E-state index in [4.69, 9.17) is 4.84 Å². The molecule has 188 valence electrons. The Kier molecular flexibility index (Phi) is 7.44. The smallest absolute Gasteiger partial charge is 0.352 e. The molecule has 36 heavy (non-hydrogen) atoms. The number of β-lactam (4-membered cyclic amide) rings is 1. The number of nitrogens with one attached hydrogen (secondary N) is 2. The van der Waals surface area contributed by atoms with Crippen LogP contribution >= 0.6 is 23.5 Å². The Morgan fingerprint density at radius 1 is 1.44 bits per heavy atom. The molecule has 0 aliphatic carbocycles. The monoisotopic (exact) mass is 534 g/mol. The second-order valence-corrected chi connectivity index (χ2v) is 9.19. The Bertz CT molecular complexity index is 1280. The van der Waals surface area contributed by atoms with Crippen molar-refractivity contribution < 1.29 is 29.1 Å². The fraction of sp³-hybridized carbons (Fsp3) is 0.333. The number of hydrogen-bond donors (Lipinski definition) is 3. The van der Waals surface area contributed by atoms with Gasteiger partial charge in [0.15, 0.2) is 5.71 Å². The number of rotatable bonds is 10. The van der Waals surface area contributed by atoms with Crippen LogP contribution in [-0.2, 0) is 31.1 Å². The average Bonchev–Trinajstić information content (AvgIpc) is 3.28. The predicted octanol–water partition coefficient (Wildman–Crippen LogP) is -1.55. The number of aromatic nitrogens is 6. The van der Waals surface area contributed by atoms with Crippen molar-refractivity contribution >= 4 is 59.4 Å². The van der Waals surface area contributed by atoms with Gasteiger partial charge in [-0.15, -0.1) is 16.9 Å². The molecule has 0 radical (unpaired) electrons. The summed E-state index contributed by atoms with van der Waals surface area (Å²) in [6.45, 7) is 0. The van der Waals surface area contributed by atoms with E-state index in [1.807, 2.05) is 0 Å². The first-order valence-corrected chi connectivity index (χ1v) is 12.1. The number of carbonyl (C=O) groups excluding carboxylic acids is 3. The van der Waals surface area contributed by atoms with E-state index >= 15 is 0 Å². The molecule has 4 rings (SSSR count). The second-order valence-electron chi connectivity index (χ2n) is 7.14. The quantitative estimate of drug-likeness (QED) is 0.104. The minimum absolute atomic E-state index is 0.0392. The van der Waals surface area contributed by atoms with Crippen LogP contribution in [0.15, 0.2) is 33.8 Å². The second kappa shape index (κ2) is 10.7. The van der Waals surface area contributed by atoms with Crippen LogP contribution in [0.5, 0.6) is 0 Å². The molecule has 1 fully saturated rings. The van der Waals surface area contributed by atoms with E-state index < -0.39 is 29.2 Å². The van der Waals surface area contributed by atoms with Crippen LogP contribution in [0.4, 0.5) is 5.95 Å². The maximum atomic E-state index is 13.0. The number of thioether (sulfide) groups is 2. The van der Waals surface area contributed by atoms with Gasteiger partial charge in [0.1, 0.15) is 29.9 Å². The summed E-state index contributed by atoms with van der Waals surface area (Å²) in [6, 6.07) is 0.380. The van der Waals surface area contributed by atoms with Gasteiger partial charge in [0.05, 0.1) is 0 Å². The van der Waals surface area contributed by atoms with E-state index in [1.54, 1.807) is 7.05 Å². The lowest BCUT2D eigenvalue weighted by Gasteiger charge is -2.49. The lowest BCUT2D eigenvalue weighted by molar-refractivity contribution is -0.150. The third-order valence-corrected chi connectivity index (χ3v) is 7.41. The molecule has 0 aromatic carbocycles. The van der Waals surface area contributed by atoms with Crippen molar-refractivity contribution in [1.29, 1.82) is 0 Å². The lowest BCUT2D eigenvalue weighted by atomic mass is 10.0. The number of amides is 3. The van der Waals surface area contributed by atoms with Crippen molar-refractivity contribution in [2.75, 3.05) is 23.9 Å². The van der Waals surface area contributed by atoms with E-state index in [9.17, 15) is 24.3 Å². The highest BCUT2D eigenvalue weighted by Crippen LogP contribution is 2.41. The molecule has 2 atom stereocenters. The molecule has 2 aromatic heterocycles. The molecule has 3 amide bonds. The van der Waals surface area contributed by atoms with Gasteiger partial charge in [-0.3, -0.25) is 24.6 Å². The van der Waals surface area contributed by atoms with E-state index in [-0.39, 0.29) is 28.8 Å². The molecule has 16 nitrogen and oxygen atoms in total. The summed E-state index contributed by atoms with van der Waals surface area (Å²) in [6.07, 6.45) is 1.68. The molecule has 1 unspecified atom stereocenters. The number of carbonyl (C=O) groups is 4. The Hall–Kier alpha value is -4.06. The van der Waals surface area contributed by atoms with Crippen molar-refractivity contribution in [3.8, 4) is 0 Å². The molecule has 18 heteroatoms. The summed E-state index contributed by atoms with van der Waals surface area (Å²) in [7, 11) is 2.89. The Labute approximate surface area is 210 Å². The van der Waals surface area contributed by atoms with Gasteiger partial charge in [0.2, 0.25) is 17.5 Å². The summed E-state index contributed by atoms with van der Waals surface area (Å²) >= 11 is 2.57. The van der Waals surface area contributed by atoms with Crippen LogP contribution in [-0.4, -0.2) is 100 Å². The number of carboxylic acid groups (broad SMARTS) is 1. The van der Waals surface area contributed by atoms with Crippen LogP contribution < -0.4 is 10.6 Å². The Morgan fingerprint density at radius 3 is 2.92 bits per heavy atom. The van der Waals surface area contributed by atoms with Crippen molar-refractivity contribution in [3.05, 3.63) is 29.2 Å². The van der Waals surface area contributed by atoms with Crippen LogP contribution in [0.2, 0.25) is 0 Å². The van der Waals surface area contributed by atoms with Crippen molar-refractivity contribution in [3.63, 3.8) is 0 Å². The van der Waals surface area contributed by atoms with Crippen molar-refractivity contribution in [2.24, 2.45) is 12.2 Å². The molecule has 0 bridgehead atoms. The number of oxime groups is 1. The molecule has 0 saturated carbocycles. The number of hydrogen-bond acceptors (Lipinski definition) is 13. The number of tetrazole rings is 1. The topological polar surface area (TPSA) is 207 Å². The Balaban J connectivity index is 1.50. The van der Waals surface area contributed by atoms with Crippen molar-refractivity contribution in [1.82, 2.24) is 40.4 Å². The number of aryl methyl sites for hydroxylation is 1. The van der Waals surface area contributed by atoms with Crippen LogP contribution in [0, 0.1) is 0 Å². The SMILES string of the molecule is CON=C(C(=O)NC1C(=O)N2C(C(=O)O)=C(CSc3nnnn3C)CS[C@H]12)c1ccnc(NC=O)n1. The average molecular weight is 535 g/mol. The minimum atomic E-state index is -1.25. The van der Waals surface area contributed by atoms with E-state index in [0.29, 0.717) is 22.9 Å². The van der Waals surface area contributed by atoms with Crippen molar-refractivity contribution in [2.45, 2.75) is 16.6 Å². The standard InChI is InChI=1S/C18H18N10O6S2/c1-27-18(23-25-26-27)36-6-8-5-35-15-11(14(31)28(15)12(8)16(32)33)22-13(30)10(24-34-2)9-3-4-19-17(21-9)20-7-29/h3-4,7,11,15H,5-6H2,1-2H3,(H,22,30)(H,32,33)(H,19,20,21,29)/t11?,15-/m1/s1. The van der Waals surface area contributed by atoms with Gasteiger partial charge in [-0.05, 0) is 22.1 Å². The number of anilines is 1. The number of carboxylic acids is 1. The molecular weight excluding hydrogens is 516 g/mol. The molecule has 1 saturated heterocycles. The summed E-state index contributed by atoms with van der Waals surface area (Å²) in [4.78, 5) is 62.4. The lowest BCUT2D eigenvalue weighted by Crippen LogP contribution is -2.71. The van der Waals surface area contributed by atoms with Gasteiger partial charge in [-0.2, -0.15) is 0 Å².